The van der Waals surface area contributed by atoms with Crippen molar-refractivity contribution in [2.75, 3.05) is 0 Å². The maximum Gasteiger partial charge on any atom is 0.198 e. The number of hydrogen-bond acceptors (Lipinski definition) is 2. The van der Waals surface area contributed by atoms with Crippen LogP contribution in [0, 0.1) is 6.92 Å². The molecule has 0 amide bonds. The Morgan fingerprint density at radius 2 is 1.95 bits per heavy atom. The Morgan fingerprint density at radius 1 is 1.15 bits per heavy atom. The van der Waals surface area contributed by atoms with Crippen LogP contribution in [0.2, 0.25) is 0 Å². The van der Waals surface area contributed by atoms with Crippen LogP contribution in [-0.4, -0.2) is 16.3 Å². The van der Waals surface area contributed by atoms with Crippen LogP contribution in [0.1, 0.15) is 16.7 Å². The van der Waals surface area contributed by atoms with Gasteiger partial charge >= 0.3 is 0 Å². The van der Waals surface area contributed by atoms with Crippen LogP contribution in [0.15, 0.2) is 53.5 Å². The van der Waals surface area contributed by atoms with Crippen molar-refractivity contribution in [2.24, 2.45) is 4.99 Å². The summed E-state index contributed by atoms with van der Waals surface area (Å²) in [4.78, 5) is 7.39. The van der Waals surface area contributed by atoms with E-state index in [1.54, 1.807) is 6.21 Å². The number of hydrogen-bond donors (Lipinski definition) is 2. The second-order valence-corrected chi connectivity index (χ2v) is 4.89. The van der Waals surface area contributed by atoms with Gasteiger partial charge in [0.1, 0.15) is 0 Å². The number of aromatic hydroxyl groups is 1. The van der Waals surface area contributed by atoms with E-state index in [1.807, 2.05) is 49.4 Å². The normalized spacial score (nSPS) is 11.4. The van der Waals surface area contributed by atoms with Crippen LogP contribution < -0.4 is 0 Å². The van der Waals surface area contributed by atoms with E-state index in [2.05, 4.69) is 16.0 Å². The molecule has 20 heavy (non-hydrogen) atoms. The molecule has 3 rings (SSSR count). The number of aromatic nitrogens is 1. The molecule has 1 heterocycles. The Kier molecular flexibility index (Phi) is 3.25. The average Bonchev–Trinajstić information content (AvgIpc) is 2.76. The summed E-state index contributed by atoms with van der Waals surface area (Å²) in [6.07, 6.45) is 1.74. The lowest BCUT2D eigenvalue weighted by molar-refractivity contribution is 0.457. The number of H-pyrrole nitrogens is 1. The van der Waals surface area contributed by atoms with Gasteiger partial charge in [-0.3, -0.25) is 4.99 Å². The number of aliphatic imine (C=N–C) groups is 1. The highest BCUT2D eigenvalue weighted by molar-refractivity contribution is 6.02. The zero-order valence-electron chi connectivity index (χ0n) is 11.3. The van der Waals surface area contributed by atoms with Crippen molar-refractivity contribution >= 4 is 17.1 Å². The van der Waals surface area contributed by atoms with E-state index in [0.717, 1.165) is 27.6 Å². The molecule has 2 N–H and O–H groups in total. The molecular weight excluding hydrogens is 248 g/mol. The van der Waals surface area contributed by atoms with Gasteiger partial charge in [0.15, 0.2) is 5.88 Å². The van der Waals surface area contributed by atoms with Crippen LogP contribution in [0.3, 0.4) is 0 Å². The maximum absolute atomic E-state index is 9.98. The van der Waals surface area contributed by atoms with Gasteiger partial charge < -0.3 is 10.1 Å². The molecule has 0 aliphatic rings. The SMILES string of the molecule is Cc1ccc2[nH]c(O)c(C=NCc3ccccc3)c2c1. The first-order chi connectivity index (χ1) is 9.74. The van der Waals surface area contributed by atoms with E-state index in [9.17, 15) is 5.11 Å². The molecule has 0 fully saturated rings. The number of fused-ring (bicyclic) bond motifs is 1. The summed E-state index contributed by atoms with van der Waals surface area (Å²) in [6.45, 7) is 2.65. The Labute approximate surface area is 117 Å². The van der Waals surface area contributed by atoms with E-state index < -0.39 is 0 Å². The topological polar surface area (TPSA) is 48.4 Å². The van der Waals surface area contributed by atoms with Crippen molar-refractivity contribution < 1.29 is 5.11 Å². The maximum atomic E-state index is 9.98. The third-order valence-electron chi connectivity index (χ3n) is 3.31. The van der Waals surface area contributed by atoms with Gasteiger partial charge in [0, 0.05) is 17.1 Å². The highest BCUT2D eigenvalue weighted by atomic mass is 16.3. The van der Waals surface area contributed by atoms with Crippen LogP contribution >= 0.6 is 0 Å². The minimum absolute atomic E-state index is 0.169. The number of nitrogens with one attached hydrogen (secondary N) is 1. The van der Waals surface area contributed by atoms with Gasteiger partial charge in [-0.05, 0) is 24.6 Å². The molecule has 3 nitrogen and oxygen atoms in total. The molecule has 3 aromatic rings. The summed E-state index contributed by atoms with van der Waals surface area (Å²) in [5, 5.41) is 11.0. The third-order valence-corrected chi connectivity index (χ3v) is 3.31. The molecule has 0 saturated heterocycles. The first-order valence-electron chi connectivity index (χ1n) is 6.59. The van der Waals surface area contributed by atoms with E-state index in [1.165, 1.54) is 0 Å². The lowest BCUT2D eigenvalue weighted by Crippen LogP contribution is -1.84. The van der Waals surface area contributed by atoms with Crippen LogP contribution in [0.5, 0.6) is 5.88 Å². The molecule has 3 heteroatoms. The summed E-state index contributed by atoms with van der Waals surface area (Å²) in [6, 6.07) is 16.1. The monoisotopic (exact) mass is 264 g/mol. The van der Waals surface area contributed by atoms with E-state index in [-0.39, 0.29) is 5.88 Å². The highest BCUT2D eigenvalue weighted by Gasteiger charge is 2.08. The number of aryl methyl sites for hydroxylation is 1. The van der Waals surface area contributed by atoms with Crippen molar-refractivity contribution in [3.8, 4) is 5.88 Å². The van der Waals surface area contributed by atoms with Crippen molar-refractivity contribution in [3.63, 3.8) is 0 Å². The molecule has 0 aliphatic carbocycles. The molecule has 0 aliphatic heterocycles. The summed E-state index contributed by atoms with van der Waals surface area (Å²) in [7, 11) is 0. The summed E-state index contributed by atoms with van der Waals surface area (Å²) in [5.41, 5.74) is 3.99. The van der Waals surface area contributed by atoms with Gasteiger partial charge in [-0.1, -0.05) is 42.0 Å². The molecule has 0 unspecified atom stereocenters. The lowest BCUT2D eigenvalue weighted by atomic mass is 10.1. The van der Waals surface area contributed by atoms with Crippen LogP contribution in [-0.2, 0) is 6.54 Å². The largest absolute Gasteiger partial charge is 0.494 e. The van der Waals surface area contributed by atoms with Crippen molar-refractivity contribution in [3.05, 3.63) is 65.2 Å². The number of aromatic amines is 1. The first-order valence-corrected chi connectivity index (χ1v) is 6.59. The second kappa shape index (κ2) is 5.21. The molecule has 0 bridgehead atoms. The smallest absolute Gasteiger partial charge is 0.198 e. The average molecular weight is 264 g/mol. The highest BCUT2D eigenvalue weighted by Crippen LogP contribution is 2.26. The Balaban J connectivity index is 1.90. The molecule has 0 radical (unpaired) electrons. The standard InChI is InChI=1S/C17H16N2O/c1-12-7-8-16-14(9-12)15(17(20)19-16)11-18-10-13-5-3-2-4-6-13/h2-9,11,19-20H,10H2,1H3. The van der Waals surface area contributed by atoms with Crippen LogP contribution in [0.25, 0.3) is 10.9 Å². The predicted molar refractivity (Wildman–Crippen MR) is 82.4 cm³/mol. The first kappa shape index (κ1) is 12.5. The van der Waals surface area contributed by atoms with Gasteiger partial charge in [0.05, 0.1) is 12.1 Å². The molecular formula is C17H16N2O. The van der Waals surface area contributed by atoms with Gasteiger partial charge in [0.25, 0.3) is 0 Å². The fourth-order valence-corrected chi connectivity index (χ4v) is 2.27. The Hall–Kier alpha value is -2.55. The van der Waals surface area contributed by atoms with E-state index in [0.29, 0.717) is 6.54 Å². The Morgan fingerprint density at radius 3 is 2.75 bits per heavy atom. The van der Waals surface area contributed by atoms with Crippen LogP contribution in [0.4, 0.5) is 0 Å². The molecule has 100 valence electrons. The zero-order chi connectivity index (χ0) is 13.9. The minimum Gasteiger partial charge on any atom is -0.494 e. The summed E-state index contributed by atoms with van der Waals surface area (Å²) >= 11 is 0. The number of benzene rings is 2. The Bertz CT molecular complexity index is 757. The summed E-state index contributed by atoms with van der Waals surface area (Å²) < 4.78 is 0. The molecule has 0 saturated carbocycles. The van der Waals surface area contributed by atoms with Crippen molar-refractivity contribution in [1.29, 1.82) is 0 Å². The predicted octanol–water partition coefficient (Wildman–Crippen LogP) is 3.80. The van der Waals surface area contributed by atoms with Gasteiger partial charge in [0.2, 0.25) is 0 Å². The fourth-order valence-electron chi connectivity index (χ4n) is 2.27. The second-order valence-electron chi connectivity index (χ2n) is 4.89. The number of rotatable bonds is 3. The molecule has 0 atom stereocenters. The van der Waals surface area contributed by atoms with Gasteiger partial charge in [-0.15, -0.1) is 0 Å². The lowest BCUT2D eigenvalue weighted by Gasteiger charge is -1.96. The van der Waals surface area contributed by atoms with Crippen molar-refractivity contribution in [2.45, 2.75) is 13.5 Å². The van der Waals surface area contributed by atoms with E-state index in [4.69, 9.17) is 0 Å². The van der Waals surface area contributed by atoms with Crippen molar-refractivity contribution in [1.82, 2.24) is 4.98 Å². The van der Waals surface area contributed by atoms with Gasteiger partial charge in [-0.2, -0.15) is 0 Å². The third kappa shape index (κ3) is 2.43. The zero-order valence-corrected chi connectivity index (χ0v) is 11.3. The van der Waals surface area contributed by atoms with E-state index >= 15 is 0 Å². The molecule has 2 aromatic carbocycles. The fraction of sp³-hybridized carbons (Fsp3) is 0.118. The quantitative estimate of drug-likeness (QED) is 0.694. The molecule has 1 aromatic heterocycles. The molecule has 0 spiro atoms. The van der Waals surface area contributed by atoms with Gasteiger partial charge in [-0.25, -0.2) is 0 Å². The minimum atomic E-state index is 0.169. The number of nitrogens with zero attached hydrogens (tertiary/aromatic N) is 1. The summed E-state index contributed by atoms with van der Waals surface area (Å²) in [5.74, 6) is 0.169.